The number of azide groups is 2. The van der Waals surface area contributed by atoms with Gasteiger partial charge in [0.25, 0.3) is 0 Å². The van der Waals surface area contributed by atoms with Crippen LogP contribution in [0.5, 0.6) is 0 Å². The largest absolute Gasteiger partial charge is 0.113 e. The number of nitrogens with zero attached hydrogens (tertiary/aromatic N) is 6. The highest BCUT2D eigenvalue weighted by Gasteiger charge is 1.95. The van der Waals surface area contributed by atoms with Gasteiger partial charge in [-0.1, -0.05) is 27.8 Å². The SMILES string of the molecule is [B]c1cc(CN=[N+]=[N-])cc(N=[N+]=[N-])c1. The molecule has 6 nitrogen and oxygen atoms in total. The molecule has 0 atom stereocenters. The topological polar surface area (TPSA) is 97.5 Å². The van der Waals surface area contributed by atoms with Crippen molar-refractivity contribution in [3.63, 3.8) is 0 Å². The van der Waals surface area contributed by atoms with Crippen molar-refractivity contribution in [1.29, 1.82) is 0 Å². The summed E-state index contributed by atoms with van der Waals surface area (Å²) >= 11 is 0. The summed E-state index contributed by atoms with van der Waals surface area (Å²) in [4.78, 5) is 5.25. The second-order valence-electron chi connectivity index (χ2n) is 2.51. The molecule has 2 radical (unpaired) electrons. The minimum absolute atomic E-state index is 0.190. The minimum atomic E-state index is 0.190. The van der Waals surface area contributed by atoms with Gasteiger partial charge in [0.1, 0.15) is 7.85 Å². The first kappa shape index (κ1) is 9.99. The number of hydrogen-bond acceptors (Lipinski definition) is 2. The van der Waals surface area contributed by atoms with Crippen molar-refractivity contribution >= 4 is 19.0 Å². The van der Waals surface area contributed by atoms with Gasteiger partial charge in [0, 0.05) is 15.5 Å². The average molecular weight is 184 g/mol. The first-order valence-corrected chi connectivity index (χ1v) is 3.71. The Morgan fingerprint density at radius 3 is 2.64 bits per heavy atom. The lowest BCUT2D eigenvalue weighted by Crippen LogP contribution is -2.02. The fourth-order valence-corrected chi connectivity index (χ4v) is 1.01. The maximum absolute atomic E-state index is 8.21. The van der Waals surface area contributed by atoms with Crippen molar-refractivity contribution in [2.45, 2.75) is 6.54 Å². The molecule has 0 saturated carbocycles. The fourth-order valence-electron chi connectivity index (χ4n) is 1.01. The predicted octanol–water partition coefficient (Wildman–Crippen LogP) is 2.23. The number of benzene rings is 1. The standard InChI is InChI=1S/C7H5BN6/c8-6-1-5(4-11-13-9)2-7(3-6)12-14-10/h1-3H,4H2. The molecule has 0 saturated heterocycles. The molecule has 0 amide bonds. The summed E-state index contributed by atoms with van der Waals surface area (Å²) in [5, 5.41) is 6.78. The maximum atomic E-state index is 8.21. The van der Waals surface area contributed by atoms with Crippen LogP contribution >= 0.6 is 0 Å². The van der Waals surface area contributed by atoms with Crippen LogP contribution in [0.15, 0.2) is 28.4 Å². The zero-order valence-corrected chi connectivity index (χ0v) is 7.20. The van der Waals surface area contributed by atoms with Crippen molar-refractivity contribution < 1.29 is 0 Å². The molecule has 0 fully saturated rings. The average Bonchev–Trinajstić information content (AvgIpc) is 2.14. The molecule has 0 aliphatic heterocycles. The Kier molecular flexibility index (Phi) is 3.44. The fraction of sp³-hybridized carbons (Fsp3) is 0.143. The highest BCUT2D eigenvalue weighted by atomic mass is 15.1. The molecule has 1 aromatic rings. The quantitative estimate of drug-likeness (QED) is 0.297. The molecule has 66 valence electrons. The van der Waals surface area contributed by atoms with E-state index in [2.05, 4.69) is 20.1 Å². The molecule has 0 aliphatic carbocycles. The van der Waals surface area contributed by atoms with E-state index in [0.29, 0.717) is 16.7 Å². The molecule has 0 aliphatic rings. The third-order valence-corrected chi connectivity index (χ3v) is 1.48. The van der Waals surface area contributed by atoms with Gasteiger partial charge in [-0.25, -0.2) is 0 Å². The maximum Gasteiger partial charge on any atom is 0.113 e. The van der Waals surface area contributed by atoms with E-state index in [1.54, 1.807) is 18.2 Å². The van der Waals surface area contributed by atoms with Crippen LogP contribution in [0, 0.1) is 0 Å². The van der Waals surface area contributed by atoms with E-state index < -0.39 is 0 Å². The van der Waals surface area contributed by atoms with Gasteiger partial charge in [0.05, 0.1) is 6.54 Å². The lowest BCUT2D eigenvalue weighted by atomic mass is 9.94. The molecule has 0 heterocycles. The first-order chi connectivity index (χ1) is 6.76. The van der Waals surface area contributed by atoms with Crippen molar-refractivity contribution in [1.82, 2.24) is 0 Å². The van der Waals surface area contributed by atoms with E-state index in [0.717, 1.165) is 0 Å². The third kappa shape index (κ3) is 2.75. The van der Waals surface area contributed by atoms with Crippen molar-refractivity contribution in [2.75, 3.05) is 0 Å². The van der Waals surface area contributed by atoms with Gasteiger partial charge < -0.3 is 0 Å². The highest BCUT2D eigenvalue weighted by Crippen LogP contribution is 2.13. The van der Waals surface area contributed by atoms with Crippen molar-refractivity contribution in [3.05, 3.63) is 44.6 Å². The van der Waals surface area contributed by atoms with E-state index in [9.17, 15) is 0 Å². The zero-order valence-electron chi connectivity index (χ0n) is 7.20. The summed E-state index contributed by atoms with van der Waals surface area (Å²) in [6.07, 6.45) is 0. The van der Waals surface area contributed by atoms with E-state index in [1.165, 1.54) is 0 Å². The Morgan fingerprint density at radius 1 is 1.21 bits per heavy atom. The Hall–Kier alpha value is -2.10. The predicted molar refractivity (Wildman–Crippen MR) is 53.5 cm³/mol. The van der Waals surface area contributed by atoms with Gasteiger partial charge in [-0.2, -0.15) is 0 Å². The second-order valence-corrected chi connectivity index (χ2v) is 2.51. The van der Waals surface area contributed by atoms with Gasteiger partial charge in [0.15, 0.2) is 0 Å². The molecule has 1 rings (SSSR count). The molecule has 0 spiro atoms. The second kappa shape index (κ2) is 4.82. The molecule has 0 unspecified atom stereocenters. The van der Waals surface area contributed by atoms with E-state index in [-0.39, 0.29) is 6.54 Å². The van der Waals surface area contributed by atoms with Crippen molar-refractivity contribution in [2.24, 2.45) is 10.2 Å². The van der Waals surface area contributed by atoms with Crippen LogP contribution in [0.25, 0.3) is 20.9 Å². The van der Waals surface area contributed by atoms with E-state index >= 15 is 0 Å². The van der Waals surface area contributed by atoms with Crippen LogP contribution in [0.1, 0.15) is 5.56 Å². The van der Waals surface area contributed by atoms with Gasteiger partial charge in [0.2, 0.25) is 0 Å². The molecule has 0 bridgehead atoms. The van der Waals surface area contributed by atoms with Gasteiger partial charge in [-0.15, -0.1) is 0 Å². The summed E-state index contributed by atoms with van der Waals surface area (Å²) in [7, 11) is 5.54. The van der Waals surface area contributed by atoms with E-state index in [1.807, 2.05) is 0 Å². The Balaban J connectivity index is 3.05. The molecular weight excluding hydrogens is 179 g/mol. The Bertz CT molecular complexity index is 430. The molecular formula is C7H5BN6. The van der Waals surface area contributed by atoms with Gasteiger partial charge in [-0.3, -0.25) is 0 Å². The molecule has 0 aromatic heterocycles. The summed E-state index contributed by atoms with van der Waals surface area (Å²) in [5.74, 6) is 0. The summed E-state index contributed by atoms with van der Waals surface area (Å²) in [6.45, 7) is 0.190. The van der Waals surface area contributed by atoms with Gasteiger partial charge in [-0.05, 0) is 22.7 Å². The number of hydrogen-bond donors (Lipinski definition) is 0. The van der Waals surface area contributed by atoms with Gasteiger partial charge >= 0.3 is 0 Å². The van der Waals surface area contributed by atoms with E-state index in [4.69, 9.17) is 18.9 Å². The third-order valence-electron chi connectivity index (χ3n) is 1.48. The Morgan fingerprint density at radius 2 is 2.00 bits per heavy atom. The highest BCUT2D eigenvalue weighted by molar-refractivity contribution is 6.32. The van der Waals surface area contributed by atoms with Crippen LogP contribution in [-0.4, -0.2) is 7.85 Å². The molecule has 14 heavy (non-hydrogen) atoms. The van der Waals surface area contributed by atoms with Crippen LogP contribution in [-0.2, 0) is 6.54 Å². The van der Waals surface area contributed by atoms with Crippen LogP contribution in [0.3, 0.4) is 0 Å². The molecule has 0 N–H and O–H groups in total. The summed E-state index contributed by atoms with van der Waals surface area (Å²) in [6, 6.07) is 4.81. The van der Waals surface area contributed by atoms with Crippen LogP contribution in [0.4, 0.5) is 5.69 Å². The van der Waals surface area contributed by atoms with Crippen molar-refractivity contribution in [3.8, 4) is 0 Å². The lowest BCUT2D eigenvalue weighted by Gasteiger charge is -2.00. The lowest BCUT2D eigenvalue weighted by molar-refractivity contribution is 1.05. The van der Waals surface area contributed by atoms with Crippen LogP contribution < -0.4 is 5.46 Å². The number of rotatable bonds is 3. The monoisotopic (exact) mass is 184 g/mol. The first-order valence-electron chi connectivity index (χ1n) is 3.71. The molecule has 7 heteroatoms. The molecule has 1 aromatic carbocycles. The van der Waals surface area contributed by atoms with Crippen LogP contribution in [0.2, 0.25) is 0 Å². The minimum Gasteiger partial charge on any atom is -0.0959 e. The summed E-state index contributed by atoms with van der Waals surface area (Å²) in [5.41, 5.74) is 17.9. The normalized spacial score (nSPS) is 8.57. The Labute approximate surface area is 81.2 Å². The smallest absolute Gasteiger partial charge is 0.0959 e. The zero-order chi connectivity index (χ0) is 10.4. The summed E-state index contributed by atoms with van der Waals surface area (Å²) < 4.78 is 0.